The van der Waals surface area contributed by atoms with Crippen LogP contribution in [0.2, 0.25) is 0 Å². The lowest BCUT2D eigenvalue weighted by molar-refractivity contribution is -0.121. The number of nitrogens with zero attached hydrogens (tertiary/aromatic N) is 2. The first-order valence-corrected chi connectivity index (χ1v) is 13.9. The van der Waals surface area contributed by atoms with Crippen molar-refractivity contribution in [3.05, 3.63) is 120 Å². The fraction of sp³-hybridized carbons (Fsp3) is 0.176. The lowest BCUT2D eigenvalue weighted by Gasteiger charge is -2.21. The van der Waals surface area contributed by atoms with Crippen LogP contribution in [0.3, 0.4) is 0 Å². The van der Waals surface area contributed by atoms with E-state index in [4.69, 9.17) is 0 Å². The Kier molecular flexibility index (Phi) is 10.2. The highest BCUT2D eigenvalue weighted by Gasteiger charge is 2.17. The summed E-state index contributed by atoms with van der Waals surface area (Å²) in [4.78, 5) is 54.2. The first kappa shape index (κ1) is 29.7. The predicted octanol–water partition coefficient (Wildman–Crippen LogP) is 6.38. The number of benzene rings is 4. The van der Waals surface area contributed by atoms with E-state index in [1.807, 2.05) is 74.5 Å². The molecule has 8 heteroatoms. The molecule has 4 aromatic rings. The molecule has 0 aliphatic carbocycles. The standard InChI is InChI=1S/C34H34N4O4/c1-3-37(29-11-7-5-8-12-29)33(41)25-15-19-27(20-16-25)35-31(39)23-24-32(40)36-28-21-17-26(18-22-28)34(42)38(4-2)30-13-9-6-10-14-30/h5-22H,3-4,23-24H2,1-2H3,(H,35,39)(H,36,40). The zero-order valence-corrected chi connectivity index (χ0v) is 23.7. The lowest BCUT2D eigenvalue weighted by atomic mass is 10.1. The highest BCUT2D eigenvalue weighted by Crippen LogP contribution is 2.20. The molecule has 0 aliphatic heterocycles. The Bertz CT molecular complexity index is 1390. The van der Waals surface area contributed by atoms with Gasteiger partial charge >= 0.3 is 0 Å². The van der Waals surface area contributed by atoms with Gasteiger partial charge in [-0.15, -0.1) is 0 Å². The monoisotopic (exact) mass is 562 g/mol. The van der Waals surface area contributed by atoms with Crippen LogP contribution in [0.15, 0.2) is 109 Å². The molecule has 0 unspecified atom stereocenters. The summed E-state index contributed by atoms with van der Waals surface area (Å²) < 4.78 is 0. The second-order valence-electron chi connectivity index (χ2n) is 9.52. The normalized spacial score (nSPS) is 10.4. The van der Waals surface area contributed by atoms with E-state index < -0.39 is 0 Å². The van der Waals surface area contributed by atoms with Crippen LogP contribution < -0.4 is 20.4 Å². The van der Waals surface area contributed by atoms with Crippen molar-refractivity contribution in [2.24, 2.45) is 0 Å². The molecule has 0 bridgehead atoms. The van der Waals surface area contributed by atoms with E-state index in [0.717, 1.165) is 11.4 Å². The molecular weight excluding hydrogens is 528 g/mol. The minimum Gasteiger partial charge on any atom is -0.326 e. The summed E-state index contributed by atoms with van der Waals surface area (Å²) in [5.74, 6) is -0.889. The number of carbonyl (C=O) groups excluding carboxylic acids is 4. The van der Waals surface area contributed by atoms with Crippen LogP contribution in [-0.4, -0.2) is 36.7 Å². The molecule has 4 rings (SSSR count). The average Bonchev–Trinajstić information content (AvgIpc) is 3.02. The fourth-order valence-corrected chi connectivity index (χ4v) is 4.48. The summed E-state index contributed by atoms with van der Waals surface area (Å²) in [6, 6.07) is 32.2. The maximum absolute atomic E-state index is 13.0. The van der Waals surface area contributed by atoms with Crippen LogP contribution in [0.4, 0.5) is 22.7 Å². The van der Waals surface area contributed by atoms with Crippen LogP contribution in [0.1, 0.15) is 47.4 Å². The van der Waals surface area contributed by atoms with Crippen LogP contribution in [0, 0.1) is 0 Å². The molecule has 0 saturated carbocycles. The van der Waals surface area contributed by atoms with Gasteiger partial charge in [0.2, 0.25) is 11.8 Å². The second-order valence-corrected chi connectivity index (χ2v) is 9.52. The summed E-state index contributed by atoms with van der Waals surface area (Å²) >= 11 is 0. The van der Waals surface area contributed by atoms with Gasteiger partial charge in [-0.3, -0.25) is 19.2 Å². The van der Waals surface area contributed by atoms with Gasteiger partial charge in [-0.2, -0.15) is 0 Å². The number of anilines is 4. The van der Waals surface area contributed by atoms with Crippen molar-refractivity contribution < 1.29 is 19.2 Å². The SMILES string of the molecule is CCN(C(=O)c1ccc(NC(=O)CCC(=O)Nc2ccc(C(=O)N(CC)c3ccccc3)cc2)cc1)c1ccccc1. The topological polar surface area (TPSA) is 98.8 Å². The Morgan fingerprint density at radius 2 is 0.833 bits per heavy atom. The number of hydrogen-bond donors (Lipinski definition) is 2. The van der Waals surface area contributed by atoms with Crippen molar-refractivity contribution >= 4 is 46.4 Å². The Labute approximate surface area is 246 Å². The third kappa shape index (κ3) is 7.69. The molecule has 0 heterocycles. The van der Waals surface area contributed by atoms with Crippen molar-refractivity contribution in [1.82, 2.24) is 0 Å². The Morgan fingerprint density at radius 1 is 0.500 bits per heavy atom. The number of nitrogens with one attached hydrogen (secondary N) is 2. The average molecular weight is 563 g/mol. The van der Waals surface area contributed by atoms with Gasteiger partial charge in [0.05, 0.1) is 0 Å². The van der Waals surface area contributed by atoms with Gasteiger partial charge in [0.25, 0.3) is 11.8 Å². The van der Waals surface area contributed by atoms with Crippen molar-refractivity contribution in [3.63, 3.8) is 0 Å². The molecule has 0 aliphatic rings. The van der Waals surface area contributed by atoms with E-state index in [1.54, 1.807) is 58.3 Å². The molecule has 4 aromatic carbocycles. The molecule has 0 saturated heterocycles. The molecule has 4 amide bonds. The number of rotatable bonds is 11. The van der Waals surface area contributed by atoms with Gasteiger partial charge < -0.3 is 20.4 Å². The smallest absolute Gasteiger partial charge is 0.258 e. The van der Waals surface area contributed by atoms with Crippen molar-refractivity contribution in [1.29, 1.82) is 0 Å². The van der Waals surface area contributed by atoms with Gasteiger partial charge in [0.15, 0.2) is 0 Å². The van der Waals surface area contributed by atoms with Gasteiger partial charge in [0, 0.05) is 59.8 Å². The van der Waals surface area contributed by atoms with Crippen molar-refractivity contribution in [2.45, 2.75) is 26.7 Å². The lowest BCUT2D eigenvalue weighted by Crippen LogP contribution is -2.30. The summed E-state index contributed by atoms with van der Waals surface area (Å²) in [5.41, 5.74) is 3.72. The fourth-order valence-electron chi connectivity index (χ4n) is 4.48. The molecule has 0 radical (unpaired) electrons. The molecule has 0 fully saturated rings. The van der Waals surface area contributed by atoms with E-state index in [2.05, 4.69) is 10.6 Å². The molecular formula is C34H34N4O4. The second kappa shape index (κ2) is 14.4. The molecule has 0 aromatic heterocycles. The van der Waals surface area contributed by atoms with Crippen LogP contribution in [0.5, 0.6) is 0 Å². The maximum atomic E-state index is 13.0. The zero-order valence-electron chi connectivity index (χ0n) is 23.7. The number of carbonyl (C=O) groups is 4. The van der Waals surface area contributed by atoms with Crippen LogP contribution >= 0.6 is 0 Å². The minimum atomic E-state index is -0.315. The van der Waals surface area contributed by atoms with E-state index in [1.165, 1.54) is 0 Å². The maximum Gasteiger partial charge on any atom is 0.258 e. The molecule has 42 heavy (non-hydrogen) atoms. The Balaban J connectivity index is 1.25. The third-order valence-corrected chi connectivity index (χ3v) is 6.67. The minimum absolute atomic E-state index is 0.0107. The van der Waals surface area contributed by atoms with Gasteiger partial charge in [-0.1, -0.05) is 36.4 Å². The highest BCUT2D eigenvalue weighted by molar-refractivity contribution is 6.07. The zero-order chi connectivity index (χ0) is 29.9. The Hall–Kier alpha value is -5.24. The first-order chi connectivity index (χ1) is 20.4. The summed E-state index contributed by atoms with van der Waals surface area (Å²) in [7, 11) is 0. The van der Waals surface area contributed by atoms with Crippen LogP contribution in [0.25, 0.3) is 0 Å². The van der Waals surface area contributed by atoms with Crippen LogP contribution in [-0.2, 0) is 9.59 Å². The molecule has 8 nitrogen and oxygen atoms in total. The molecule has 0 atom stereocenters. The van der Waals surface area contributed by atoms with E-state index in [-0.39, 0.29) is 36.5 Å². The van der Waals surface area contributed by atoms with E-state index >= 15 is 0 Å². The first-order valence-electron chi connectivity index (χ1n) is 13.9. The third-order valence-electron chi connectivity index (χ3n) is 6.67. The van der Waals surface area contributed by atoms with Crippen molar-refractivity contribution in [2.75, 3.05) is 33.5 Å². The highest BCUT2D eigenvalue weighted by atomic mass is 16.2. The summed E-state index contributed by atoms with van der Waals surface area (Å²) in [6.07, 6.45) is -0.0213. The van der Waals surface area contributed by atoms with E-state index in [9.17, 15) is 19.2 Å². The van der Waals surface area contributed by atoms with Gasteiger partial charge in [-0.25, -0.2) is 0 Å². The predicted molar refractivity (Wildman–Crippen MR) is 167 cm³/mol. The quantitative estimate of drug-likeness (QED) is 0.222. The largest absolute Gasteiger partial charge is 0.326 e. The summed E-state index contributed by atoms with van der Waals surface area (Å²) in [6.45, 7) is 4.88. The van der Waals surface area contributed by atoms with E-state index in [0.29, 0.717) is 35.6 Å². The summed E-state index contributed by atoms with van der Waals surface area (Å²) in [5, 5.41) is 5.53. The molecule has 0 spiro atoms. The van der Waals surface area contributed by atoms with Gasteiger partial charge in [0.1, 0.15) is 0 Å². The van der Waals surface area contributed by atoms with Gasteiger partial charge in [-0.05, 0) is 86.6 Å². The molecule has 2 N–H and O–H groups in total. The Morgan fingerprint density at radius 3 is 1.14 bits per heavy atom. The number of para-hydroxylation sites is 2. The molecule has 214 valence electrons. The number of amides is 4. The number of hydrogen-bond acceptors (Lipinski definition) is 4. The van der Waals surface area contributed by atoms with Crippen molar-refractivity contribution in [3.8, 4) is 0 Å².